The number of nitrogens with one attached hydrogen (secondary N) is 1. The molecule has 2 amide bonds. The molecular weight excluding hydrogens is 478 g/mol. The molecule has 36 heavy (non-hydrogen) atoms. The van der Waals surface area contributed by atoms with Gasteiger partial charge in [-0.2, -0.15) is 8.42 Å². The van der Waals surface area contributed by atoms with E-state index in [1.54, 1.807) is 60.7 Å². The molecule has 0 aliphatic heterocycles. The Hall–Kier alpha value is -3.85. The molecule has 3 aromatic carbocycles. The number of carbonyl (C=O) groups is 2. The Balaban J connectivity index is 1.67. The zero-order valence-electron chi connectivity index (χ0n) is 19.8. The van der Waals surface area contributed by atoms with Gasteiger partial charge in [-0.05, 0) is 60.9 Å². The highest BCUT2D eigenvalue weighted by molar-refractivity contribution is 7.92. The zero-order valence-corrected chi connectivity index (χ0v) is 20.6. The largest absolute Gasteiger partial charge is 0.366 e. The summed E-state index contributed by atoms with van der Waals surface area (Å²) in [7, 11) is -4.25. The summed E-state index contributed by atoms with van der Waals surface area (Å²) in [5.41, 5.74) is 6.16. The number of nitrogens with zero attached hydrogens (tertiary/aromatic N) is 1. The fraction of sp³-hybridized carbons (Fsp3) is 0.259. The van der Waals surface area contributed by atoms with E-state index in [4.69, 9.17) is 10.6 Å². The van der Waals surface area contributed by atoms with Crippen LogP contribution in [0.5, 0.6) is 5.75 Å². The van der Waals surface area contributed by atoms with Crippen LogP contribution >= 0.6 is 0 Å². The zero-order chi connectivity index (χ0) is 25.5. The highest BCUT2D eigenvalue weighted by Crippen LogP contribution is 2.27. The van der Waals surface area contributed by atoms with Crippen molar-refractivity contribution in [2.75, 3.05) is 4.47 Å². The molecule has 3 aromatic rings. The van der Waals surface area contributed by atoms with E-state index in [9.17, 15) is 18.0 Å². The highest BCUT2D eigenvalue weighted by atomic mass is 32.2. The lowest BCUT2D eigenvalue weighted by molar-refractivity contribution is -0.121. The molecule has 3 N–H and O–H groups in total. The number of hydrogen-bond donors (Lipinski definition) is 2. The van der Waals surface area contributed by atoms with Gasteiger partial charge >= 0.3 is 0 Å². The molecule has 1 fully saturated rings. The molecule has 8 nitrogen and oxygen atoms in total. The standard InChI is InChI=1S/C27H29N3O5S/c28-27(32)25-17-16-24(18-20(25)19-26(31)29-21-10-4-1-5-11-21)36(33,34)30(22-12-6-2-7-13-22)35-23-14-8-3-9-15-23/h2-3,6-9,12-18,21H,1,4-5,10-11,19H2,(H2,28,32)(H,29,31). The number of rotatable bonds is 9. The van der Waals surface area contributed by atoms with Crippen LogP contribution in [0.3, 0.4) is 0 Å². The van der Waals surface area contributed by atoms with E-state index < -0.39 is 15.9 Å². The first-order valence-electron chi connectivity index (χ1n) is 11.9. The number of anilines is 1. The van der Waals surface area contributed by atoms with Crippen LogP contribution in [0.2, 0.25) is 0 Å². The highest BCUT2D eigenvalue weighted by Gasteiger charge is 2.29. The van der Waals surface area contributed by atoms with Crippen LogP contribution in [-0.2, 0) is 21.2 Å². The monoisotopic (exact) mass is 507 g/mol. The molecule has 1 aliphatic rings. The van der Waals surface area contributed by atoms with Gasteiger partial charge in [-0.3, -0.25) is 9.59 Å². The normalized spacial score (nSPS) is 14.1. The van der Waals surface area contributed by atoms with Crippen molar-refractivity contribution >= 4 is 27.5 Å². The Kier molecular flexibility index (Phi) is 7.90. The second-order valence-corrected chi connectivity index (χ2v) is 10.5. The summed E-state index contributed by atoms with van der Waals surface area (Å²) in [5, 5.41) is 3.00. The van der Waals surface area contributed by atoms with Gasteiger partial charge in [0.15, 0.2) is 5.75 Å². The molecule has 0 radical (unpaired) electrons. The summed E-state index contributed by atoms with van der Waals surface area (Å²) in [6.07, 6.45) is 4.92. The van der Waals surface area contributed by atoms with E-state index in [0.29, 0.717) is 5.75 Å². The third-order valence-electron chi connectivity index (χ3n) is 6.08. The molecular formula is C27H29N3O5S. The van der Waals surface area contributed by atoms with Gasteiger partial charge in [0.2, 0.25) is 11.8 Å². The minimum atomic E-state index is -4.25. The number of hydrogen-bond acceptors (Lipinski definition) is 5. The van der Waals surface area contributed by atoms with Gasteiger partial charge in [-0.1, -0.05) is 60.1 Å². The third kappa shape index (κ3) is 6.04. The fourth-order valence-corrected chi connectivity index (χ4v) is 5.58. The Morgan fingerprint density at radius 1 is 0.917 bits per heavy atom. The molecule has 9 heteroatoms. The first kappa shape index (κ1) is 25.2. The quantitative estimate of drug-likeness (QED) is 0.425. The maximum Gasteiger partial charge on any atom is 0.295 e. The molecule has 0 unspecified atom stereocenters. The number of nitrogens with two attached hydrogens (primary N) is 1. The van der Waals surface area contributed by atoms with Crippen molar-refractivity contribution < 1.29 is 22.8 Å². The number of primary amides is 1. The molecule has 0 bridgehead atoms. The first-order valence-corrected chi connectivity index (χ1v) is 13.3. The first-order chi connectivity index (χ1) is 17.3. The lowest BCUT2D eigenvalue weighted by atomic mass is 9.95. The maximum atomic E-state index is 13.8. The van der Waals surface area contributed by atoms with Gasteiger partial charge in [-0.15, -0.1) is 0 Å². The third-order valence-corrected chi connectivity index (χ3v) is 7.65. The topological polar surface area (TPSA) is 119 Å². The van der Waals surface area contributed by atoms with Crippen molar-refractivity contribution in [1.29, 1.82) is 0 Å². The summed E-state index contributed by atoms with van der Waals surface area (Å²) in [4.78, 5) is 30.5. The fourth-order valence-electron chi connectivity index (χ4n) is 4.28. The van der Waals surface area contributed by atoms with Crippen molar-refractivity contribution in [3.8, 4) is 5.75 Å². The van der Waals surface area contributed by atoms with Crippen molar-refractivity contribution in [3.05, 3.63) is 90.0 Å². The van der Waals surface area contributed by atoms with Crippen LogP contribution in [0.1, 0.15) is 48.0 Å². The van der Waals surface area contributed by atoms with Crippen molar-refractivity contribution in [2.45, 2.75) is 49.5 Å². The molecule has 0 spiro atoms. The van der Waals surface area contributed by atoms with Crippen LogP contribution in [0.15, 0.2) is 83.8 Å². The number of sulfonamides is 1. The molecule has 1 aliphatic carbocycles. The van der Waals surface area contributed by atoms with Gasteiger partial charge in [0.05, 0.1) is 17.0 Å². The lowest BCUT2D eigenvalue weighted by Crippen LogP contribution is -2.37. The smallest absolute Gasteiger partial charge is 0.295 e. The summed E-state index contributed by atoms with van der Waals surface area (Å²) in [6, 6.07) is 21.0. The number of carbonyl (C=O) groups excluding carboxylic acids is 2. The Morgan fingerprint density at radius 2 is 1.56 bits per heavy atom. The van der Waals surface area contributed by atoms with Crippen LogP contribution in [0.25, 0.3) is 0 Å². The van der Waals surface area contributed by atoms with Crippen LogP contribution in [-0.4, -0.2) is 26.3 Å². The summed E-state index contributed by atoms with van der Waals surface area (Å²) in [6.45, 7) is 0. The second kappa shape index (κ2) is 11.3. The Labute approximate surface area is 211 Å². The van der Waals surface area contributed by atoms with Gasteiger partial charge in [0.25, 0.3) is 10.0 Å². The predicted molar refractivity (Wildman–Crippen MR) is 137 cm³/mol. The van der Waals surface area contributed by atoms with Crippen LogP contribution in [0, 0.1) is 0 Å². The number of amides is 2. The summed E-state index contributed by atoms with van der Waals surface area (Å²) >= 11 is 0. The van der Waals surface area contributed by atoms with E-state index in [2.05, 4.69) is 5.32 Å². The summed E-state index contributed by atoms with van der Waals surface area (Å²) in [5.74, 6) is -0.690. The van der Waals surface area contributed by atoms with Crippen molar-refractivity contribution in [2.24, 2.45) is 5.73 Å². The minimum Gasteiger partial charge on any atom is -0.366 e. The SMILES string of the molecule is NC(=O)c1ccc(S(=O)(=O)N(Oc2ccccc2)c2ccccc2)cc1CC(=O)NC1CCCCC1. The van der Waals surface area contributed by atoms with Crippen molar-refractivity contribution in [3.63, 3.8) is 0 Å². The second-order valence-electron chi connectivity index (χ2n) is 8.73. The average Bonchev–Trinajstić information content (AvgIpc) is 2.88. The molecule has 0 aromatic heterocycles. The Bertz CT molecular complexity index is 1310. The maximum absolute atomic E-state index is 13.8. The van der Waals surface area contributed by atoms with E-state index in [1.165, 1.54) is 18.2 Å². The van der Waals surface area contributed by atoms with Gasteiger partial charge < -0.3 is 15.9 Å². The molecule has 0 heterocycles. The van der Waals surface area contributed by atoms with Gasteiger partial charge in [-0.25, -0.2) is 0 Å². The predicted octanol–water partition coefficient (Wildman–Crippen LogP) is 3.97. The van der Waals surface area contributed by atoms with Crippen LogP contribution in [0.4, 0.5) is 5.69 Å². The molecule has 1 saturated carbocycles. The van der Waals surface area contributed by atoms with E-state index in [1.807, 2.05) is 0 Å². The molecule has 0 atom stereocenters. The average molecular weight is 508 g/mol. The molecule has 4 rings (SSSR count). The molecule has 0 saturated heterocycles. The lowest BCUT2D eigenvalue weighted by Gasteiger charge is -2.24. The van der Waals surface area contributed by atoms with E-state index >= 15 is 0 Å². The van der Waals surface area contributed by atoms with E-state index in [0.717, 1.165) is 36.6 Å². The van der Waals surface area contributed by atoms with Gasteiger partial charge in [0.1, 0.15) is 0 Å². The van der Waals surface area contributed by atoms with Crippen molar-refractivity contribution in [1.82, 2.24) is 5.32 Å². The van der Waals surface area contributed by atoms with Gasteiger partial charge in [0, 0.05) is 11.6 Å². The van der Waals surface area contributed by atoms with E-state index in [-0.39, 0.29) is 40.1 Å². The molecule has 188 valence electrons. The van der Waals surface area contributed by atoms with Crippen LogP contribution < -0.4 is 20.4 Å². The minimum absolute atomic E-state index is 0.0861. The Morgan fingerprint density at radius 3 is 2.19 bits per heavy atom. The summed E-state index contributed by atoms with van der Waals surface area (Å²) < 4.78 is 28.3. The number of para-hydroxylation sites is 2. The number of benzene rings is 3.